The molecule has 0 unspecified atom stereocenters. The summed E-state index contributed by atoms with van der Waals surface area (Å²) in [6, 6.07) is 14.9. The Kier molecular flexibility index (Phi) is 7.73. The van der Waals surface area contributed by atoms with E-state index in [9.17, 15) is 10.1 Å². The van der Waals surface area contributed by atoms with Gasteiger partial charge in [-0.2, -0.15) is 5.26 Å². The van der Waals surface area contributed by atoms with Crippen LogP contribution in [0, 0.1) is 11.5 Å². The van der Waals surface area contributed by atoms with E-state index in [4.69, 9.17) is 4.74 Å². The summed E-state index contributed by atoms with van der Waals surface area (Å²) in [7, 11) is 0. The number of carbonyl (C=O) groups is 1. The third-order valence-electron chi connectivity index (χ3n) is 4.98. The Morgan fingerprint density at radius 2 is 1.93 bits per heavy atom. The molecule has 0 bridgehead atoms. The van der Waals surface area contributed by atoms with Crippen LogP contribution in [0.25, 0.3) is 10.9 Å². The molecule has 0 aliphatic heterocycles. The van der Waals surface area contributed by atoms with Gasteiger partial charge in [0.1, 0.15) is 5.75 Å². The summed E-state index contributed by atoms with van der Waals surface area (Å²) in [6.45, 7) is 4.09. The molecule has 3 aromatic rings. The molecule has 156 valence electrons. The van der Waals surface area contributed by atoms with E-state index >= 15 is 0 Å². The number of carbonyl (C=O) groups excluding carboxylic acids is 1. The van der Waals surface area contributed by atoms with Crippen molar-refractivity contribution < 1.29 is 9.53 Å². The van der Waals surface area contributed by atoms with Gasteiger partial charge in [0.2, 0.25) is 0 Å². The zero-order valence-electron chi connectivity index (χ0n) is 17.4. The highest BCUT2D eigenvalue weighted by atomic mass is 16.5. The molecule has 30 heavy (non-hydrogen) atoms. The van der Waals surface area contributed by atoms with Crippen LogP contribution in [0.1, 0.15) is 43.0 Å². The monoisotopic (exact) mass is 404 g/mol. The number of unbranched alkanes of at least 4 members (excludes halogenated alkanes) is 2. The van der Waals surface area contributed by atoms with Crippen molar-refractivity contribution in [2.24, 2.45) is 0 Å². The van der Waals surface area contributed by atoms with E-state index < -0.39 is 0 Å². The summed E-state index contributed by atoms with van der Waals surface area (Å²) in [6.07, 6.45) is 8.13. The standard InChI is InChI=1S/C24H28N4O2/c1-2-3-6-15-28(18-25)16-8-17-30-23-12-5-4-10-22(23)27-24(29)20-9-7-11-21-19(20)13-14-26-21/h4-5,7,9-14,26H,2-3,6,8,15-17H2,1H3,(H,27,29). The van der Waals surface area contributed by atoms with E-state index in [0.717, 1.165) is 43.1 Å². The van der Waals surface area contributed by atoms with E-state index in [1.165, 1.54) is 0 Å². The van der Waals surface area contributed by atoms with Gasteiger partial charge in [-0.05, 0) is 43.2 Å². The summed E-state index contributed by atoms with van der Waals surface area (Å²) in [5.41, 5.74) is 2.17. The summed E-state index contributed by atoms with van der Waals surface area (Å²) < 4.78 is 5.91. The van der Waals surface area contributed by atoms with Crippen molar-refractivity contribution in [3.05, 3.63) is 60.3 Å². The van der Waals surface area contributed by atoms with E-state index in [2.05, 4.69) is 23.4 Å². The number of rotatable bonds is 11. The fourth-order valence-corrected chi connectivity index (χ4v) is 3.37. The largest absolute Gasteiger partial charge is 0.491 e. The average Bonchev–Trinajstić information content (AvgIpc) is 3.25. The summed E-state index contributed by atoms with van der Waals surface area (Å²) in [5, 5.41) is 13.1. The minimum Gasteiger partial charge on any atom is -0.491 e. The van der Waals surface area contributed by atoms with Gasteiger partial charge in [0, 0.05) is 35.8 Å². The molecule has 3 rings (SSSR count). The minimum absolute atomic E-state index is 0.178. The first kappa shape index (κ1) is 21.3. The maximum atomic E-state index is 12.8. The van der Waals surface area contributed by atoms with E-state index in [0.29, 0.717) is 30.2 Å². The Hall–Kier alpha value is -3.46. The van der Waals surface area contributed by atoms with E-state index in [1.54, 1.807) is 4.90 Å². The van der Waals surface area contributed by atoms with Gasteiger partial charge in [-0.1, -0.05) is 38.0 Å². The molecule has 0 saturated carbocycles. The van der Waals surface area contributed by atoms with Crippen LogP contribution in [0.5, 0.6) is 5.75 Å². The van der Waals surface area contributed by atoms with Crippen molar-refractivity contribution in [3.8, 4) is 11.9 Å². The first-order chi connectivity index (χ1) is 14.7. The molecule has 0 spiro atoms. The van der Waals surface area contributed by atoms with Crippen LogP contribution in [0.2, 0.25) is 0 Å². The molecule has 0 atom stereocenters. The van der Waals surface area contributed by atoms with Gasteiger partial charge in [0.05, 0.1) is 12.3 Å². The average molecular weight is 405 g/mol. The third kappa shape index (κ3) is 5.54. The molecular formula is C24H28N4O2. The van der Waals surface area contributed by atoms with Crippen LogP contribution in [0.3, 0.4) is 0 Å². The Labute approximate surface area is 177 Å². The summed E-state index contributed by atoms with van der Waals surface area (Å²) in [4.78, 5) is 17.7. The van der Waals surface area contributed by atoms with Crippen LogP contribution in [-0.4, -0.2) is 35.5 Å². The third-order valence-corrected chi connectivity index (χ3v) is 4.98. The molecule has 2 N–H and O–H groups in total. The number of aromatic amines is 1. The second kappa shape index (κ2) is 10.9. The van der Waals surface area contributed by atoms with Crippen molar-refractivity contribution in [2.75, 3.05) is 25.0 Å². The number of ether oxygens (including phenoxy) is 1. The number of hydrogen-bond donors (Lipinski definition) is 2. The zero-order chi connectivity index (χ0) is 21.2. The highest BCUT2D eigenvalue weighted by molar-refractivity contribution is 6.12. The van der Waals surface area contributed by atoms with E-state index in [1.807, 2.05) is 54.7 Å². The molecule has 0 saturated heterocycles. The number of amides is 1. The first-order valence-corrected chi connectivity index (χ1v) is 10.5. The zero-order valence-corrected chi connectivity index (χ0v) is 17.4. The van der Waals surface area contributed by atoms with Gasteiger partial charge in [-0.25, -0.2) is 0 Å². The lowest BCUT2D eigenvalue weighted by molar-refractivity contribution is 0.102. The van der Waals surface area contributed by atoms with Gasteiger partial charge in [0.15, 0.2) is 6.19 Å². The number of nitriles is 1. The lowest BCUT2D eigenvalue weighted by atomic mass is 10.1. The molecule has 0 fully saturated rings. The summed E-state index contributed by atoms with van der Waals surface area (Å²) in [5.74, 6) is 0.449. The number of nitrogens with zero attached hydrogens (tertiary/aromatic N) is 2. The fraction of sp³-hybridized carbons (Fsp3) is 0.333. The second-order valence-corrected chi connectivity index (χ2v) is 7.19. The molecule has 0 aliphatic rings. The molecule has 0 aliphatic carbocycles. The molecule has 6 nitrogen and oxygen atoms in total. The van der Waals surface area contributed by atoms with E-state index in [-0.39, 0.29) is 5.91 Å². The smallest absolute Gasteiger partial charge is 0.256 e. The SMILES string of the molecule is CCCCCN(C#N)CCCOc1ccccc1NC(=O)c1cccc2[nH]ccc12. The van der Waals surface area contributed by atoms with Gasteiger partial charge < -0.3 is 19.9 Å². The molecule has 6 heteroatoms. The van der Waals surface area contributed by atoms with Crippen LogP contribution < -0.4 is 10.1 Å². The number of H-pyrrole nitrogens is 1. The molecule has 2 aromatic carbocycles. The van der Waals surface area contributed by atoms with Crippen molar-refractivity contribution in [1.29, 1.82) is 5.26 Å². The highest BCUT2D eigenvalue weighted by Gasteiger charge is 2.13. The predicted molar refractivity (Wildman–Crippen MR) is 120 cm³/mol. The lowest BCUT2D eigenvalue weighted by Gasteiger charge is -2.16. The maximum Gasteiger partial charge on any atom is 0.256 e. The quantitative estimate of drug-likeness (QED) is 0.263. The molecule has 1 amide bonds. The Balaban J connectivity index is 1.56. The number of aromatic nitrogens is 1. The van der Waals surface area contributed by atoms with Crippen molar-refractivity contribution in [2.45, 2.75) is 32.6 Å². The van der Waals surface area contributed by atoms with Crippen LogP contribution in [0.4, 0.5) is 5.69 Å². The van der Waals surface area contributed by atoms with Gasteiger partial charge in [-0.15, -0.1) is 0 Å². The predicted octanol–water partition coefficient (Wildman–Crippen LogP) is 5.16. The van der Waals surface area contributed by atoms with Crippen molar-refractivity contribution in [1.82, 2.24) is 9.88 Å². The molecular weight excluding hydrogens is 376 g/mol. The van der Waals surface area contributed by atoms with Crippen LogP contribution >= 0.6 is 0 Å². The number of anilines is 1. The Morgan fingerprint density at radius 3 is 2.77 bits per heavy atom. The van der Waals surface area contributed by atoms with Gasteiger partial charge in [0.25, 0.3) is 5.91 Å². The van der Waals surface area contributed by atoms with Crippen molar-refractivity contribution >= 4 is 22.5 Å². The number of hydrogen-bond acceptors (Lipinski definition) is 4. The normalized spacial score (nSPS) is 10.5. The van der Waals surface area contributed by atoms with Crippen LogP contribution in [-0.2, 0) is 0 Å². The summed E-state index contributed by atoms with van der Waals surface area (Å²) >= 11 is 0. The Morgan fingerprint density at radius 1 is 1.10 bits per heavy atom. The van der Waals surface area contributed by atoms with Crippen LogP contribution in [0.15, 0.2) is 54.7 Å². The fourth-order valence-electron chi connectivity index (χ4n) is 3.37. The number of nitrogens with one attached hydrogen (secondary N) is 2. The first-order valence-electron chi connectivity index (χ1n) is 10.5. The van der Waals surface area contributed by atoms with Gasteiger partial charge in [-0.3, -0.25) is 4.79 Å². The van der Waals surface area contributed by atoms with Gasteiger partial charge >= 0.3 is 0 Å². The number of benzene rings is 2. The molecule has 0 radical (unpaired) electrons. The highest BCUT2D eigenvalue weighted by Crippen LogP contribution is 2.26. The van der Waals surface area contributed by atoms with Crippen molar-refractivity contribution in [3.63, 3.8) is 0 Å². The Bertz CT molecular complexity index is 1010. The topological polar surface area (TPSA) is 81.2 Å². The number of fused-ring (bicyclic) bond motifs is 1. The second-order valence-electron chi connectivity index (χ2n) is 7.19. The maximum absolute atomic E-state index is 12.8. The number of para-hydroxylation sites is 2. The molecule has 1 aromatic heterocycles. The lowest BCUT2D eigenvalue weighted by Crippen LogP contribution is -2.22. The molecule has 1 heterocycles. The minimum atomic E-state index is -0.178.